The molecular formula is C33H33N3O3. The number of nitrogens with one attached hydrogen (secondary N) is 1. The summed E-state index contributed by atoms with van der Waals surface area (Å²) in [4.78, 5) is 33.4. The molecule has 0 atom stereocenters. The number of aromatic amines is 1. The lowest BCUT2D eigenvalue weighted by Crippen LogP contribution is -2.41. The number of amides is 1. The number of aromatic nitrogens is 1. The molecule has 1 spiro atoms. The number of likely N-dealkylation sites (tertiary alicyclic amines) is 1. The molecular weight excluding hydrogens is 486 g/mol. The Bertz CT molecular complexity index is 1610. The fourth-order valence-electron chi connectivity index (χ4n) is 6.64. The van der Waals surface area contributed by atoms with Crippen molar-refractivity contribution in [3.63, 3.8) is 0 Å². The van der Waals surface area contributed by atoms with Crippen molar-refractivity contribution in [2.75, 3.05) is 38.2 Å². The van der Waals surface area contributed by atoms with Gasteiger partial charge < -0.3 is 19.5 Å². The average Bonchev–Trinajstić information content (AvgIpc) is 3.66. The van der Waals surface area contributed by atoms with Crippen LogP contribution < -0.4 is 9.64 Å². The van der Waals surface area contributed by atoms with Crippen LogP contribution in [-0.4, -0.2) is 54.9 Å². The van der Waals surface area contributed by atoms with E-state index >= 15 is 0 Å². The molecule has 0 saturated carbocycles. The van der Waals surface area contributed by atoms with Gasteiger partial charge in [0.05, 0.1) is 6.61 Å². The molecule has 3 aliphatic rings. The molecule has 6 heteroatoms. The molecule has 1 aromatic heterocycles. The fourth-order valence-corrected chi connectivity index (χ4v) is 6.64. The maximum absolute atomic E-state index is 13.7. The van der Waals surface area contributed by atoms with Gasteiger partial charge in [0.1, 0.15) is 5.75 Å². The number of fused-ring (bicyclic) bond motifs is 3. The molecule has 1 N–H and O–H groups in total. The number of rotatable bonds is 4. The molecule has 1 amide bonds. The Labute approximate surface area is 228 Å². The molecule has 39 heavy (non-hydrogen) atoms. The molecule has 7 rings (SSSR count). The molecule has 6 nitrogen and oxygen atoms in total. The third-order valence-electron chi connectivity index (χ3n) is 9.10. The standard InChI is InChI=1S/C33H33N3O3/c1-21-16-24(36-13-3-4-31(36)37)9-10-25(21)22-5-7-23(8-6-22)32(38)27-19-34-29-18-30-28(17-26(27)29)33(20-39-30)11-14-35(2)15-12-33/h5-10,16-19,34H,3-4,11-15,20H2,1-2H3. The molecule has 3 aliphatic heterocycles. The lowest BCUT2D eigenvalue weighted by Gasteiger charge is -2.36. The molecule has 4 aromatic rings. The summed E-state index contributed by atoms with van der Waals surface area (Å²) in [6, 6.07) is 18.3. The van der Waals surface area contributed by atoms with Gasteiger partial charge >= 0.3 is 0 Å². The van der Waals surface area contributed by atoms with Crippen molar-refractivity contribution < 1.29 is 14.3 Å². The summed E-state index contributed by atoms with van der Waals surface area (Å²) >= 11 is 0. The maximum Gasteiger partial charge on any atom is 0.227 e. The smallest absolute Gasteiger partial charge is 0.227 e. The SMILES string of the molecule is Cc1cc(N2CCCC2=O)ccc1-c1ccc(C(=O)c2c[nH]c3cc4c(cc23)C2(CCN(C)CC2)CO4)cc1. The normalized spacial score (nSPS) is 18.6. The van der Waals surface area contributed by atoms with Gasteiger partial charge in [0, 0.05) is 63.9 Å². The van der Waals surface area contributed by atoms with E-state index < -0.39 is 0 Å². The Morgan fingerprint density at radius 1 is 1.00 bits per heavy atom. The molecule has 0 unspecified atom stereocenters. The Morgan fingerprint density at radius 3 is 2.51 bits per heavy atom. The van der Waals surface area contributed by atoms with Gasteiger partial charge in [-0.15, -0.1) is 0 Å². The minimum Gasteiger partial charge on any atom is -0.492 e. The van der Waals surface area contributed by atoms with E-state index in [0.717, 1.165) is 84.5 Å². The van der Waals surface area contributed by atoms with Crippen molar-refractivity contribution in [2.45, 2.75) is 38.0 Å². The number of anilines is 1. The monoisotopic (exact) mass is 519 g/mol. The summed E-state index contributed by atoms with van der Waals surface area (Å²) < 4.78 is 6.15. The number of carbonyl (C=O) groups is 2. The van der Waals surface area contributed by atoms with Gasteiger partial charge in [0.2, 0.25) is 5.91 Å². The summed E-state index contributed by atoms with van der Waals surface area (Å²) in [7, 11) is 2.17. The summed E-state index contributed by atoms with van der Waals surface area (Å²) in [6.45, 7) is 5.71. The number of hydrogen-bond acceptors (Lipinski definition) is 4. The molecule has 2 saturated heterocycles. The van der Waals surface area contributed by atoms with Gasteiger partial charge in [-0.2, -0.15) is 0 Å². The first-order valence-corrected chi connectivity index (χ1v) is 13.9. The summed E-state index contributed by atoms with van der Waals surface area (Å²) in [6.07, 6.45) is 5.53. The van der Waals surface area contributed by atoms with E-state index in [1.807, 2.05) is 41.4 Å². The zero-order valence-electron chi connectivity index (χ0n) is 22.5. The molecule has 198 valence electrons. The highest BCUT2D eigenvalue weighted by atomic mass is 16.5. The van der Waals surface area contributed by atoms with E-state index in [4.69, 9.17) is 4.74 Å². The van der Waals surface area contributed by atoms with Crippen LogP contribution in [0.25, 0.3) is 22.0 Å². The molecule has 0 aliphatic carbocycles. The Balaban J connectivity index is 1.17. The minimum atomic E-state index is 0.0173. The van der Waals surface area contributed by atoms with E-state index in [0.29, 0.717) is 17.5 Å². The number of nitrogens with zero attached hydrogens (tertiary/aromatic N) is 2. The molecule has 0 bridgehead atoms. The lowest BCUT2D eigenvalue weighted by atomic mass is 9.74. The largest absolute Gasteiger partial charge is 0.492 e. The van der Waals surface area contributed by atoms with Crippen molar-refractivity contribution in [1.29, 1.82) is 0 Å². The highest BCUT2D eigenvalue weighted by Crippen LogP contribution is 2.47. The second-order valence-electron chi connectivity index (χ2n) is 11.5. The topological polar surface area (TPSA) is 65.6 Å². The number of benzene rings is 3. The number of carbonyl (C=O) groups excluding carboxylic acids is 2. The van der Waals surface area contributed by atoms with Gasteiger partial charge in [0.25, 0.3) is 0 Å². The summed E-state index contributed by atoms with van der Waals surface area (Å²) in [5.41, 5.74) is 7.84. The number of piperidine rings is 1. The van der Waals surface area contributed by atoms with Crippen LogP contribution in [0.5, 0.6) is 5.75 Å². The second-order valence-corrected chi connectivity index (χ2v) is 11.5. The van der Waals surface area contributed by atoms with E-state index in [2.05, 4.69) is 48.1 Å². The van der Waals surface area contributed by atoms with Crippen molar-refractivity contribution in [2.24, 2.45) is 0 Å². The van der Waals surface area contributed by atoms with Crippen LogP contribution in [0.3, 0.4) is 0 Å². The minimum absolute atomic E-state index is 0.0173. The van der Waals surface area contributed by atoms with Gasteiger partial charge in [-0.1, -0.05) is 30.3 Å². The fraction of sp³-hybridized carbons (Fsp3) is 0.333. The van der Waals surface area contributed by atoms with E-state index in [1.54, 1.807) is 0 Å². The Kier molecular flexibility index (Phi) is 5.63. The first-order valence-electron chi connectivity index (χ1n) is 13.9. The zero-order valence-corrected chi connectivity index (χ0v) is 22.5. The molecule has 2 fully saturated rings. The van der Waals surface area contributed by atoms with Gasteiger partial charge in [-0.05, 0) is 81.2 Å². The molecule has 3 aromatic carbocycles. The van der Waals surface area contributed by atoms with Gasteiger partial charge in [-0.3, -0.25) is 9.59 Å². The van der Waals surface area contributed by atoms with Crippen molar-refractivity contribution in [3.8, 4) is 16.9 Å². The van der Waals surface area contributed by atoms with E-state index in [-0.39, 0.29) is 17.1 Å². The number of ether oxygens (including phenoxy) is 1. The van der Waals surface area contributed by atoms with Crippen LogP contribution in [0.2, 0.25) is 0 Å². The number of hydrogen-bond donors (Lipinski definition) is 1. The lowest BCUT2D eigenvalue weighted by molar-refractivity contribution is -0.117. The van der Waals surface area contributed by atoms with Crippen LogP contribution >= 0.6 is 0 Å². The van der Waals surface area contributed by atoms with Crippen molar-refractivity contribution in [3.05, 3.63) is 83.0 Å². The quantitative estimate of drug-likeness (QED) is 0.343. The van der Waals surface area contributed by atoms with Crippen LogP contribution in [0.1, 0.15) is 52.7 Å². The summed E-state index contributed by atoms with van der Waals surface area (Å²) in [5, 5.41) is 0.967. The third kappa shape index (κ3) is 3.97. The first kappa shape index (κ1) is 24.2. The predicted octanol–water partition coefficient (Wildman–Crippen LogP) is 5.86. The van der Waals surface area contributed by atoms with Gasteiger partial charge in [-0.25, -0.2) is 0 Å². The highest BCUT2D eigenvalue weighted by Gasteiger charge is 2.43. The van der Waals surface area contributed by atoms with Crippen molar-refractivity contribution >= 4 is 28.3 Å². The first-order chi connectivity index (χ1) is 18.9. The van der Waals surface area contributed by atoms with E-state index in [9.17, 15) is 9.59 Å². The average molecular weight is 520 g/mol. The Morgan fingerprint density at radius 2 is 1.79 bits per heavy atom. The number of aryl methyl sites for hydroxylation is 1. The van der Waals surface area contributed by atoms with Crippen LogP contribution in [0.15, 0.2) is 60.8 Å². The van der Waals surface area contributed by atoms with E-state index in [1.165, 1.54) is 5.56 Å². The zero-order chi connectivity index (χ0) is 26.7. The van der Waals surface area contributed by atoms with Crippen molar-refractivity contribution in [1.82, 2.24) is 9.88 Å². The third-order valence-corrected chi connectivity index (χ3v) is 9.10. The Hall–Kier alpha value is -3.90. The number of H-pyrrole nitrogens is 1. The molecule has 4 heterocycles. The van der Waals surface area contributed by atoms with Crippen LogP contribution in [0, 0.1) is 6.92 Å². The number of ketones is 1. The highest BCUT2D eigenvalue weighted by molar-refractivity contribution is 6.16. The van der Waals surface area contributed by atoms with Crippen LogP contribution in [-0.2, 0) is 10.2 Å². The summed E-state index contributed by atoms with van der Waals surface area (Å²) in [5.74, 6) is 1.16. The second kappa shape index (κ2) is 9.09. The maximum atomic E-state index is 13.7. The molecule has 0 radical (unpaired) electrons. The predicted molar refractivity (Wildman–Crippen MR) is 154 cm³/mol. The van der Waals surface area contributed by atoms with Gasteiger partial charge in [0.15, 0.2) is 5.78 Å². The van der Waals surface area contributed by atoms with Crippen LogP contribution in [0.4, 0.5) is 5.69 Å².